The van der Waals surface area contributed by atoms with Crippen LogP contribution in [0.15, 0.2) is 24.3 Å². The lowest BCUT2D eigenvalue weighted by atomic mass is 9.96. The van der Waals surface area contributed by atoms with Crippen LogP contribution >= 0.6 is 0 Å². The molecule has 150 valence electrons. The first kappa shape index (κ1) is 21.4. The summed E-state index contributed by atoms with van der Waals surface area (Å²) in [5, 5.41) is 0. The van der Waals surface area contributed by atoms with Gasteiger partial charge >= 0.3 is 5.97 Å². The Labute approximate surface area is 161 Å². The quantitative estimate of drug-likeness (QED) is 0.653. The molecule has 0 atom stereocenters. The average Bonchev–Trinajstić information content (AvgIpc) is 2.68. The van der Waals surface area contributed by atoms with Gasteiger partial charge in [-0.25, -0.2) is 12.7 Å². The molecule has 2 rings (SSSR count). The Kier molecular flexibility index (Phi) is 7.38. The first-order valence-corrected chi connectivity index (χ1v) is 10.8. The molecule has 7 nitrogen and oxygen atoms in total. The number of aryl methyl sites for hydroxylation is 1. The molecule has 1 aromatic carbocycles. The topological polar surface area (TPSA) is 84.0 Å². The van der Waals surface area contributed by atoms with Crippen LogP contribution in [0.25, 0.3) is 0 Å². The zero-order valence-corrected chi connectivity index (χ0v) is 17.0. The van der Waals surface area contributed by atoms with Crippen molar-refractivity contribution in [3.8, 4) is 0 Å². The molecule has 1 amide bonds. The molecule has 1 saturated heterocycles. The Balaban J connectivity index is 2.10. The number of benzene rings is 1. The number of amides is 1. The predicted molar refractivity (Wildman–Crippen MR) is 102 cm³/mol. The summed E-state index contributed by atoms with van der Waals surface area (Å²) in [6.07, 6.45) is 0.924. The first-order valence-electron chi connectivity index (χ1n) is 9.16. The van der Waals surface area contributed by atoms with Crippen molar-refractivity contribution in [1.82, 2.24) is 9.21 Å². The van der Waals surface area contributed by atoms with Crippen LogP contribution in [0.3, 0.4) is 0 Å². The average molecular weight is 397 g/mol. The summed E-state index contributed by atoms with van der Waals surface area (Å²) in [6.45, 7) is 4.47. The van der Waals surface area contributed by atoms with E-state index in [1.165, 1.54) is 16.3 Å². The van der Waals surface area contributed by atoms with Crippen LogP contribution in [0, 0.1) is 12.8 Å². The van der Waals surface area contributed by atoms with Crippen LogP contribution in [0.2, 0.25) is 0 Å². The third-order valence-electron chi connectivity index (χ3n) is 5.04. The van der Waals surface area contributed by atoms with Crippen LogP contribution < -0.4 is 0 Å². The van der Waals surface area contributed by atoms with Gasteiger partial charge < -0.3 is 9.64 Å². The van der Waals surface area contributed by atoms with Gasteiger partial charge in [0.25, 0.3) is 0 Å². The molecule has 0 aliphatic carbocycles. The Bertz CT molecular complexity index is 770. The van der Waals surface area contributed by atoms with Crippen LogP contribution in [0.1, 0.15) is 30.9 Å². The number of nitrogens with zero attached hydrogens (tertiary/aromatic N) is 2. The van der Waals surface area contributed by atoms with Gasteiger partial charge in [0.2, 0.25) is 15.9 Å². The fourth-order valence-corrected chi connectivity index (χ4v) is 4.38. The summed E-state index contributed by atoms with van der Waals surface area (Å²) < 4.78 is 30.2. The zero-order valence-electron chi connectivity index (χ0n) is 16.2. The Morgan fingerprint density at radius 3 is 2.41 bits per heavy atom. The van der Waals surface area contributed by atoms with Gasteiger partial charge in [-0.1, -0.05) is 24.3 Å². The molecule has 8 heteroatoms. The van der Waals surface area contributed by atoms with Gasteiger partial charge in [-0.3, -0.25) is 9.59 Å². The van der Waals surface area contributed by atoms with Gasteiger partial charge in [0.1, 0.15) is 6.54 Å². The molecule has 1 aliphatic rings. The number of carbonyl (C=O) groups is 2. The predicted octanol–water partition coefficient (Wildman–Crippen LogP) is 1.56. The standard InChI is InChI=1S/C19H28N2O5S/c1-4-27(24,25)21-11-9-16(10-12-21)19(23)20(14-18(22)26-3)13-17-8-6-5-7-15(17)2/h5-8,16H,4,9-14H2,1-3H3. The van der Waals surface area contributed by atoms with Gasteiger partial charge in [-0.2, -0.15) is 0 Å². The van der Waals surface area contributed by atoms with Crippen molar-refractivity contribution < 1.29 is 22.7 Å². The van der Waals surface area contributed by atoms with Crippen molar-refractivity contribution in [1.29, 1.82) is 0 Å². The molecule has 0 N–H and O–H groups in total. The number of esters is 1. The summed E-state index contributed by atoms with van der Waals surface area (Å²) in [4.78, 5) is 26.4. The molecule has 0 unspecified atom stereocenters. The zero-order chi connectivity index (χ0) is 20.0. The maximum atomic E-state index is 13.0. The molecule has 27 heavy (non-hydrogen) atoms. The van der Waals surface area contributed by atoms with Gasteiger partial charge in [-0.05, 0) is 37.8 Å². The van der Waals surface area contributed by atoms with Gasteiger partial charge in [-0.15, -0.1) is 0 Å². The van der Waals surface area contributed by atoms with Crippen LogP contribution in [-0.2, 0) is 30.9 Å². The normalized spacial score (nSPS) is 16.1. The minimum absolute atomic E-state index is 0.0629. The SMILES string of the molecule is CCS(=O)(=O)N1CCC(C(=O)N(CC(=O)OC)Cc2ccccc2C)CC1. The third-order valence-corrected chi connectivity index (χ3v) is 6.92. The Hall–Kier alpha value is -1.93. The maximum Gasteiger partial charge on any atom is 0.325 e. The highest BCUT2D eigenvalue weighted by molar-refractivity contribution is 7.89. The second-order valence-corrected chi connectivity index (χ2v) is 9.03. The molecule has 1 aromatic rings. The van der Waals surface area contributed by atoms with Crippen molar-refractivity contribution in [2.24, 2.45) is 5.92 Å². The lowest BCUT2D eigenvalue weighted by molar-refractivity contribution is -0.149. The minimum atomic E-state index is -3.23. The number of hydrogen-bond acceptors (Lipinski definition) is 5. The summed E-state index contributed by atoms with van der Waals surface area (Å²) in [6, 6.07) is 7.72. The fraction of sp³-hybridized carbons (Fsp3) is 0.579. The molecular formula is C19H28N2O5S. The highest BCUT2D eigenvalue weighted by Crippen LogP contribution is 2.23. The van der Waals surface area contributed by atoms with E-state index >= 15 is 0 Å². The lowest BCUT2D eigenvalue weighted by Crippen LogP contribution is -2.45. The number of sulfonamides is 1. The van der Waals surface area contributed by atoms with Gasteiger partial charge in [0.05, 0.1) is 12.9 Å². The van der Waals surface area contributed by atoms with E-state index < -0.39 is 16.0 Å². The summed E-state index contributed by atoms with van der Waals surface area (Å²) in [5.74, 6) is -0.824. The van der Waals surface area contributed by atoms with Gasteiger partial charge in [0.15, 0.2) is 0 Å². The number of piperidine rings is 1. The van der Waals surface area contributed by atoms with Crippen molar-refractivity contribution >= 4 is 21.9 Å². The first-order chi connectivity index (χ1) is 12.8. The molecule has 0 bridgehead atoms. The van der Waals surface area contributed by atoms with Gasteiger partial charge in [0, 0.05) is 25.6 Å². The lowest BCUT2D eigenvalue weighted by Gasteiger charge is -2.33. The van der Waals surface area contributed by atoms with E-state index in [2.05, 4.69) is 0 Å². The molecule has 0 saturated carbocycles. The van der Waals surface area contributed by atoms with E-state index in [9.17, 15) is 18.0 Å². The molecule has 0 aromatic heterocycles. The number of rotatable bonds is 7. The van der Waals surface area contributed by atoms with Crippen molar-refractivity contribution in [3.05, 3.63) is 35.4 Å². The number of ether oxygens (including phenoxy) is 1. The molecular weight excluding hydrogens is 368 g/mol. The van der Waals surface area contributed by atoms with Crippen molar-refractivity contribution in [2.75, 3.05) is 32.5 Å². The molecule has 1 heterocycles. The van der Waals surface area contributed by atoms with Crippen LogP contribution in [-0.4, -0.2) is 62.0 Å². The Morgan fingerprint density at radius 2 is 1.85 bits per heavy atom. The number of hydrogen-bond donors (Lipinski definition) is 0. The maximum absolute atomic E-state index is 13.0. The van der Waals surface area contributed by atoms with E-state index in [1.54, 1.807) is 6.92 Å². The fourth-order valence-electron chi connectivity index (χ4n) is 3.25. The largest absolute Gasteiger partial charge is 0.468 e. The van der Waals surface area contributed by atoms with Crippen LogP contribution in [0.5, 0.6) is 0 Å². The third kappa shape index (κ3) is 5.52. The van der Waals surface area contributed by atoms with Crippen LogP contribution in [0.4, 0.5) is 0 Å². The second kappa shape index (κ2) is 9.32. The summed E-state index contributed by atoms with van der Waals surface area (Å²) >= 11 is 0. The second-order valence-electron chi connectivity index (χ2n) is 6.77. The molecule has 1 aliphatic heterocycles. The smallest absolute Gasteiger partial charge is 0.325 e. The molecule has 0 spiro atoms. The van der Waals surface area contributed by atoms with E-state index in [1.807, 2.05) is 31.2 Å². The number of carbonyl (C=O) groups excluding carboxylic acids is 2. The Morgan fingerprint density at radius 1 is 1.22 bits per heavy atom. The highest BCUT2D eigenvalue weighted by atomic mass is 32.2. The molecule has 1 fully saturated rings. The molecule has 0 radical (unpaired) electrons. The van der Waals surface area contributed by atoms with Crippen molar-refractivity contribution in [3.63, 3.8) is 0 Å². The van der Waals surface area contributed by atoms with E-state index in [0.717, 1.165) is 11.1 Å². The van der Waals surface area contributed by atoms with E-state index in [0.29, 0.717) is 32.5 Å². The van der Waals surface area contributed by atoms with E-state index in [-0.39, 0.29) is 24.1 Å². The van der Waals surface area contributed by atoms with Crippen molar-refractivity contribution in [2.45, 2.75) is 33.2 Å². The summed E-state index contributed by atoms with van der Waals surface area (Å²) in [7, 11) is -1.93. The minimum Gasteiger partial charge on any atom is -0.468 e. The van der Waals surface area contributed by atoms with E-state index in [4.69, 9.17) is 4.74 Å². The monoisotopic (exact) mass is 396 g/mol. The highest BCUT2D eigenvalue weighted by Gasteiger charge is 2.33. The summed E-state index contributed by atoms with van der Waals surface area (Å²) in [5.41, 5.74) is 2.02. The number of methoxy groups -OCH3 is 1.